The SMILES string of the molecule is CC[C@H](NC(=O)N(C)C1CCCN(C)C1)C(=O)O. The average Bonchev–Trinajstić information content (AvgIpc) is 2.34. The van der Waals surface area contributed by atoms with Gasteiger partial charge >= 0.3 is 12.0 Å². The lowest BCUT2D eigenvalue weighted by Crippen LogP contribution is -2.53. The molecule has 6 heteroatoms. The number of rotatable bonds is 4. The molecule has 1 unspecified atom stereocenters. The van der Waals surface area contributed by atoms with Gasteiger partial charge in [-0.25, -0.2) is 9.59 Å². The Bertz CT molecular complexity index is 309. The molecule has 1 fully saturated rings. The summed E-state index contributed by atoms with van der Waals surface area (Å²) in [6.07, 6.45) is 2.42. The van der Waals surface area contributed by atoms with E-state index in [1.165, 1.54) is 0 Å². The van der Waals surface area contributed by atoms with Crippen molar-refractivity contribution >= 4 is 12.0 Å². The zero-order valence-electron chi connectivity index (χ0n) is 11.3. The predicted octanol–water partition coefficient (Wildman–Crippen LogP) is 0.585. The van der Waals surface area contributed by atoms with E-state index in [4.69, 9.17) is 5.11 Å². The van der Waals surface area contributed by atoms with E-state index in [9.17, 15) is 9.59 Å². The quantitative estimate of drug-likeness (QED) is 0.773. The number of amides is 2. The lowest BCUT2D eigenvalue weighted by Gasteiger charge is -2.36. The van der Waals surface area contributed by atoms with Crippen LogP contribution < -0.4 is 5.32 Å². The van der Waals surface area contributed by atoms with Gasteiger partial charge in [-0.3, -0.25) is 0 Å². The first-order chi connectivity index (χ1) is 8.45. The second-order valence-corrected chi connectivity index (χ2v) is 4.92. The minimum atomic E-state index is -0.986. The van der Waals surface area contributed by atoms with Gasteiger partial charge < -0.3 is 20.2 Å². The monoisotopic (exact) mass is 257 g/mol. The van der Waals surface area contributed by atoms with Crippen molar-refractivity contribution in [2.75, 3.05) is 27.2 Å². The van der Waals surface area contributed by atoms with Crippen molar-refractivity contribution in [3.8, 4) is 0 Å². The van der Waals surface area contributed by atoms with Gasteiger partial charge in [0, 0.05) is 19.6 Å². The highest BCUT2D eigenvalue weighted by atomic mass is 16.4. The standard InChI is InChI=1S/C12H23N3O3/c1-4-10(11(16)17)13-12(18)15(3)9-6-5-7-14(2)8-9/h9-10H,4-8H2,1-3H3,(H,13,18)(H,16,17)/t9?,10-/m0/s1. The van der Waals surface area contributed by atoms with Crippen molar-refractivity contribution < 1.29 is 14.7 Å². The Labute approximate surface area is 108 Å². The highest BCUT2D eigenvalue weighted by molar-refractivity contribution is 5.82. The number of nitrogens with zero attached hydrogens (tertiary/aromatic N) is 2. The Hall–Kier alpha value is -1.30. The first kappa shape index (κ1) is 14.8. The normalized spacial score (nSPS) is 22.3. The Kier molecular flexibility index (Phi) is 5.40. The Morgan fingerprint density at radius 3 is 2.72 bits per heavy atom. The molecule has 2 N–H and O–H groups in total. The van der Waals surface area contributed by atoms with Crippen LogP contribution in [0.3, 0.4) is 0 Å². The largest absolute Gasteiger partial charge is 0.480 e. The lowest BCUT2D eigenvalue weighted by molar-refractivity contribution is -0.139. The molecule has 1 saturated heterocycles. The fourth-order valence-electron chi connectivity index (χ4n) is 2.21. The summed E-state index contributed by atoms with van der Waals surface area (Å²) in [4.78, 5) is 26.6. The number of carboxylic acid groups (broad SMARTS) is 1. The van der Waals surface area contributed by atoms with Gasteiger partial charge in [-0.1, -0.05) is 6.92 Å². The van der Waals surface area contributed by atoms with Gasteiger partial charge in [0.2, 0.25) is 0 Å². The van der Waals surface area contributed by atoms with Gasteiger partial charge in [0.25, 0.3) is 0 Å². The van der Waals surface area contributed by atoms with Crippen LogP contribution in [0, 0.1) is 0 Å². The molecule has 0 aromatic heterocycles. The highest BCUT2D eigenvalue weighted by Crippen LogP contribution is 2.13. The summed E-state index contributed by atoms with van der Waals surface area (Å²) in [5.41, 5.74) is 0. The third-order valence-corrected chi connectivity index (χ3v) is 3.47. The molecule has 2 atom stereocenters. The van der Waals surface area contributed by atoms with E-state index in [1.807, 2.05) is 7.05 Å². The van der Waals surface area contributed by atoms with E-state index in [2.05, 4.69) is 10.2 Å². The number of carbonyl (C=O) groups is 2. The third kappa shape index (κ3) is 3.87. The van der Waals surface area contributed by atoms with Crippen molar-refractivity contribution in [1.82, 2.24) is 15.1 Å². The number of nitrogens with one attached hydrogen (secondary N) is 1. The van der Waals surface area contributed by atoms with Crippen LogP contribution in [0.25, 0.3) is 0 Å². The fourth-order valence-corrected chi connectivity index (χ4v) is 2.21. The minimum Gasteiger partial charge on any atom is -0.480 e. The molecule has 1 heterocycles. The third-order valence-electron chi connectivity index (χ3n) is 3.47. The lowest BCUT2D eigenvalue weighted by atomic mass is 10.1. The zero-order chi connectivity index (χ0) is 13.7. The molecule has 6 nitrogen and oxygen atoms in total. The molecule has 0 bridgehead atoms. The van der Waals surface area contributed by atoms with Crippen molar-refractivity contribution in [2.24, 2.45) is 0 Å². The summed E-state index contributed by atoms with van der Waals surface area (Å²) >= 11 is 0. The zero-order valence-corrected chi connectivity index (χ0v) is 11.3. The summed E-state index contributed by atoms with van der Waals surface area (Å²) in [5, 5.41) is 11.5. The topological polar surface area (TPSA) is 72.9 Å². The summed E-state index contributed by atoms with van der Waals surface area (Å²) in [6, 6.07) is -0.944. The highest BCUT2D eigenvalue weighted by Gasteiger charge is 2.26. The Morgan fingerprint density at radius 1 is 1.56 bits per heavy atom. The molecular formula is C12H23N3O3. The van der Waals surface area contributed by atoms with Gasteiger partial charge in [-0.05, 0) is 32.9 Å². The maximum Gasteiger partial charge on any atom is 0.326 e. The van der Waals surface area contributed by atoms with Crippen molar-refractivity contribution in [2.45, 2.75) is 38.3 Å². The number of hydrogen-bond acceptors (Lipinski definition) is 3. The van der Waals surface area contributed by atoms with Crippen molar-refractivity contribution in [3.05, 3.63) is 0 Å². The summed E-state index contributed by atoms with van der Waals surface area (Å²) < 4.78 is 0. The van der Waals surface area contributed by atoms with Crippen LogP contribution in [0.1, 0.15) is 26.2 Å². The molecule has 0 spiro atoms. The van der Waals surface area contributed by atoms with Crippen LogP contribution in [-0.4, -0.2) is 66.2 Å². The number of urea groups is 1. The summed E-state index contributed by atoms with van der Waals surface area (Å²) in [5.74, 6) is -0.986. The summed E-state index contributed by atoms with van der Waals surface area (Å²) in [6.45, 7) is 3.64. The van der Waals surface area contributed by atoms with Gasteiger partial charge in [0.05, 0.1) is 0 Å². The number of carboxylic acids is 1. The number of carbonyl (C=O) groups excluding carboxylic acids is 1. The van der Waals surface area contributed by atoms with E-state index in [-0.39, 0.29) is 12.1 Å². The average molecular weight is 257 g/mol. The molecule has 0 aromatic rings. The van der Waals surface area contributed by atoms with E-state index in [0.717, 1.165) is 25.9 Å². The molecule has 2 amide bonds. The minimum absolute atomic E-state index is 0.162. The van der Waals surface area contributed by atoms with Crippen LogP contribution >= 0.6 is 0 Å². The fraction of sp³-hybridized carbons (Fsp3) is 0.833. The molecule has 0 aromatic carbocycles. The molecule has 1 aliphatic rings. The van der Waals surface area contributed by atoms with Crippen LogP contribution in [0.5, 0.6) is 0 Å². The maximum absolute atomic E-state index is 12.0. The number of likely N-dealkylation sites (N-methyl/N-ethyl adjacent to an activating group) is 2. The van der Waals surface area contributed by atoms with Gasteiger partial charge in [-0.15, -0.1) is 0 Å². The second-order valence-electron chi connectivity index (χ2n) is 4.92. The van der Waals surface area contributed by atoms with E-state index >= 15 is 0 Å². The molecule has 104 valence electrons. The van der Waals surface area contributed by atoms with E-state index in [0.29, 0.717) is 6.42 Å². The maximum atomic E-state index is 12.0. The van der Waals surface area contributed by atoms with Crippen molar-refractivity contribution in [1.29, 1.82) is 0 Å². The number of likely N-dealkylation sites (tertiary alicyclic amines) is 1. The van der Waals surface area contributed by atoms with Crippen LogP contribution in [-0.2, 0) is 4.79 Å². The molecule has 0 radical (unpaired) electrons. The molecule has 1 rings (SSSR count). The number of aliphatic carboxylic acids is 1. The molecule has 18 heavy (non-hydrogen) atoms. The Morgan fingerprint density at radius 2 is 2.22 bits per heavy atom. The van der Waals surface area contributed by atoms with Crippen LogP contribution in [0.2, 0.25) is 0 Å². The molecular weight excluding hydrogens is 234 g/mol. The van der Waals surface area contributed by atoms with E-state index < -0.39 is 12.0 Å². The molecule has 0 aliphatic carbocycles. The van der Waals surface area contributed by atoms with Crippen molar-refractivity contribution in [3.63, 3.8) is 0 Å². The molecule has 0 saturated carbocycles. The second kappa shape index (κ2) is 6.58. The molecule has 1 aliphatic heterocycles. The Balaban J connectivity index is 2.52. The predicted molar refractivity (Wildman–Crippen MR) is 68.5 cm³/mol. The first-order valence-corrected chi connectivity index (χ1v) is 6.40. The van der Waals surface area contributed by atoms with Gasteiger partial charge in [-0.2, -0.15) is 0 Å². The van der Waals surface area contributed by atoms with Gasteiger partial charge in [0.1, 0.15) is 6.04 Å². The first-order valence-electron chi connectivity index (χ1n) is 6.40. The number of hydrogen-bond donors (Lipinski definition) is 2. The van der Waals surface area contributed by atoms with Crippen LogP contribution in [0.15, 0.2) is 0 Å². The summed E-state index contributed by atoms with van der Waals surface area (Å²) in [7, 11) is 3.76. The van der Waals surface area contributed by atoms with E-state index in [1.54, 1.807) is 18.9 Å². The van der Waals surface area contributed by atoms with Gasteiger partial charge in [0.15, 0.2) is 0 Å². The van der Waals surface area contributed by atoms with Crippen LogP contribution in [0.4, 0.5) is 4.79 Å². The smallest absolute Gasteiger partial charge is 0.326 e. The number of piperidine rings is 1.